The zero-order valence-electron chi connectivity index (χ0n) is 9.21. The van der Waals surface area contributed by atoms with E-state index < -0.39 is 0 Å². The van der Waals surface area contributed by atoms with Crippen molar-refractivity contribution in [3.63, 3.8) is 0 Å². The fourth-order valence-corrected chi connectivity index (χ4v) is 1.86. The van der Waals surface area contributed by atoms with Crippen LogP contribution in [0.25, 0.3) is 0 Å². The Bertz CT molecular complexity index is 405. The van der Waals surface area contributed by atoms with Gasteiger partial charge in [0.15, 0.2) is 0 Å². The molecule has 1 aromatic carbocycles. The minimum absolute atomic E-state index is 0.0824. The van der Waals surface area contributed by atoms with Gasteiger partial charge in [-0.1, -0.05) is 26.8 Å². The number of aliphatic imine (C=N–C) groups is 1. The molecule has 1 aliphatic heterocycles. The standard InChI is InChI=1S/C12H15FN2/c1-12(2,3)11-9-5-4-8(13)6-10(9)14-7-15-11/h4-7,11H,1-3H3,(H,14,15). The minimum Gasteiger partial charge on any atom is -0.369 e. The van der Waals surface area contributed by atoms with Crippen molar-refractivity contribution in [3.05, 3.63) is 29.6 Å². The maximum absolute atomic E-state index is 13.0. The van der Waals surface area contributed by atoms with Crippen molar-refractivity contribution >= 4 is 12.0 Å². The molecule has 0 bridgehead atoms. The topological polar surface area (TPSA) is 24.4 Å². The van der Waals surface area contributed by atoms with E-state index in [0.717, 1.165) is 11.3 Å². The summed E-state index contributed by atoms with van der Waals surface area (Å²) in [6.45, 7) is 6.45. The summed E-state index contributed by atoms with van der Waals surface area (Å²) in [4.78, 5) is 4.14. The Morgan fingerprint density at radius 1 is 1.33 bits per heavy atom. The number of rotatable bonds is 0. The Morgan fingerprint density at radius 2 is 2.07 bits per heavy atom. The normalized spacial score (nSPS) is 19.6. The zero-order chi connectivity index (χ0) is 11.1. The quantitative estimate of drug-likeness (QED) is 0.692. The van der Waals surface area contributed by atoms with Gasteiger partial charge in [-0.2, -0.15) is 0 Å². The summed E-state index contributed by atoms with van der Waals surface area (Å²) in [6, 6.07) is 4.96. The van der Waals surface area contributed by atoms with Crippen molar-refractivity contribution in [3.8, 4) is 0 Å². The first-order valence-electron chi connectivity index (χ1n) is 5.06. The van der Waals surface area contributed by atoms with Crippen molar-refractivity contribution in [2.24, 2.45) is 10.4 Å². The number of hydrogen-bond donors (Lipinski definition) is 1. The Morgan fingerprint density at radius 3 is 2.73 bits per heavy atom. The van der Waals surface area contributed by atoms with Crippen LogP contribution in [0.2, 0.25) is 0 Å². The first kappa shape index (κ1) is 10.1. The predicted molar refractivity (Wildman–Crippen MR) is 59.9 cm³/mol. The van der Waals surface area contributed by atoms with Gasteiger partial charge in [0.1, 0.15) is 5.82 Å². The molecule has 1 N–H and O–H groups in total. The molecule has 1 unspecified atom stereocenters. The number of nitrogens with zero attached hydrogens (tertiary/aromatic N) is 1. The molecule has 0 radical (unpaired) electrons. The molecule has 0 spiro atoms. The highest BCUT2D eigenvalue weighted by atomic mass is 19.1. The summed E-state index contributed by atoms with van der Waals surface area (Å²) in [5.41, 5.74) is 1.87. The highest BCUT2D eigenvalue weighted by Crippen LogP contribution is 2.39. The first-order chi connectivity index (χ1) is 6.98. The molecule has 2 rings (SSSR count). The third-order valence-electron chi connectivity index (χ3n) is 2.61. The number of halogens is 1. The molecule has 3 heteroatoms. The van der Waals surface area contributed by atoms with Crippen LogP contribution in [0.4, 0.5) is 10.1 Å². The van der Waals surface area contributed by atoms with Gasteiger partial charge in [0.2, 0.25) is 0 Å². The largest absolute Gasteiger partial charge is 0.369 e. The molecule has 80 valence electrons. The molecular weight excluding hydrogens is 191 g/mol. The van der Waals surface area contributed by atoms with E-state index in [2.05, 4.69) is 31.1 Å². The second-order valence-electron chi connectivity index (χ2n) is 4.93. The Balaban J connectivity index is 2.48. The van der Waals surface area contributed by atoms with Crippen molar-refractivity contribution in [1.29, 1.82) is 0 Å². The summed E-state index contributed by atoms with van der Waals surface area (Å²) in [6.07, 6.45) is 1.65. The average molecular weight is 206 g/mol. The molecule has 1 aromatic rings. The van der Waals surface area contributed by atoms with Gasteiger partial charge in [0.25, 0.3) is 0 Å². The van der Waals surface area contributed by atoms with Crippen molar-refractivity contribution in [2.45, 2.75) is 26.8 Å². The van der Waals surface area contributed by atoms with Gasteiger partial charge in [-0.25, -0.2) is 9.38 Å². The van der Waals surface area contributed by atoms with E-state index in [4.69, 9.17) is 0 Å². The number of benzene rings is 1. The van der Waals surface area contributed by atoms with Crippen LogP contribution in [-0.2, 0) is 0 Å². The van der Waals surface area contributed by atoms with Gasteiger partial charge in [-0.05, 0) is 17.5 Å². The minimum atomic E-state index is -0.236. The van der Waals surface area contributed by atoms with E-state index in [1.54, 1.807) is 6.34 Å². The second-order valence-corrected chi connectivity index (χ2v) is 4.93. The molecule has 0 amide bonds. The van der Waals surface area contributed by atoms with Crippen LogP contribution >= 0.6 is 0 Å². The fraction of sp³-hybridized carbons (Fsp3) is 0.417. The van der Waals surface area contributed by atoms with Gasteiger partial charge < -0.3 is 5.32 Å². The fourth-order valence-electron chi connectivity index (χ4n) is 1.86. The van der Waals surface area contributed by atoms with Gasteiger partial charge in [0, 0.05) is 5.56 Å². The molecule has 0 aliphatic carbocycles. The second kappa shape index (κ2) is 3.33. The maximum Gasteiger partial charge on any atom is 0.125 e. The van der Waals surface area contributed by atoms with E-state index in [0.29, 0.717) is 0 Å². The van der Waals surface area contributed by atoms with E-state index in [1.165, 1.54) is 12.1 Å². The summed E-state index contributed by atoms with van der Waals surface area (Å²) in [5, 5.41) is 3.22. The van der Waals surface area contributed by atoms with E-state index in [1.807, 2.05) is 6.07 Å². The van der Waals surface area contributed by atoms with Gasteiger partial charge in [-0.3, -0.25) is 0 Å². The molecule has 2 nitrogen and oxygen atoms in total. The van der Waals surface area contributed by atoms with Crippen molar-refractivity contribution < 1.29 is 4.39 Å². The lowest BCUT2D eigenvalue weighted by Gasteiger charge is -2.33. The highest BCUT2D eigenvalue weighted by molar-refractivity contribution is 5.68. The summed E-state index contributed by atoms with van der Waals surface area (Å²) in [7, 11) is 0. The number of fused-ring (bicyclic) bond motifs is 1. The van der Waals surface area contributed by atoms with Crippen LogP contribution in [0.5, 0.6) is 0 Å². The van der Waals surface area contributed by atoms with Gasteiger partial charge >= 0.3 is 0 Å². The number of nitrogens with one attached hydrogen (secondary N) is 1. The lowest BCUT2D eigenvalue weighted by Crippen LogP contribution is -2.33. The molecule has 0 saturated heterocycles. The molecule has 1 atom stereocenters. The summed E-state index contributed by atoms with van der Waals surface area (Å²) in [5.74, 6) is -0.236. The zero-order valence-corrected chi connectivity index (χ0v) is 9.21. The van der Waals surface area contributed by atoms with Crippen LogP contribution in [0, 0.1) is 11.2 Å². The van der Waals surface area contributed by atoms with E-state index >= 15 is 0 Å². The SMILES string of the molecule is CC(C)(C)C1NC=Nc2cc(F)ccc21. The Hall–Kier alpha value is -1.38. The molecule has 1 aliphatic rings. The van der Waals surface area contributed by atoms with Crippen molar-refractivity contribution in [1.82, 2.24) is 5.32 Å². The van der Waals surface area contributed by atoms with Crippen LogP contribution in [0.3, 0.4) is 0 Å². The Labute approximate surface area is 89.2 Å². The lowest BCUT2D eigenvalue weighted by atomic mass is 9.81. The van der Waals surface area contributed by atoms with Crippen LogP contribution in [-0.4, -0.2) is 6.34 Å². The first-order valence-corrected chi connectivity index (χ1v) is 5.06. The monoisotopic (exact) mass is 206 g/mol. The molecule has 0 fully saturated rings. The van der Waals surface area contributed by atoms with Crippen LogP contribution in [0.15, 0.2) is 23.2 Å². The third kappa shape index (κ3) is 1.87. The molecule has 15 heavy (non-hydrogen) atoms. The van der Waals surface area contributed by atoms with Crippen LogP contribution < -0.4 is 5.32 Å². The maximum atomic E-state index is 13.0. The third-order valence-corrected chi connectivity index (χ3v) is 2.61. The van der Waals surface area contributed by atoms with Crippen molar-refractivity contribution in [2.75, 3.05) is 0 Å². The predicted octanol–water partition coefficient (Wildman–Crippen LogP) is 3.18. The smallest absolute Gasteiger partial charge is 0.125 e. The van der Waals surface area contributed by atoms with Gasteiger partial charge in [0.05, 0.1) is 18.1 Å². The van der Waals surface area contributed by atoms with E-state index in [-0.39, 0.29) is 17.3 Å². The summed E-state index contributed by atoms with van der Waals surface area (Å²) >= 11 is 0. The molecule has 1 heterocycles. The molecule has 0 aromatic heterocycles. The number of hydrogen-bond acceptors (Lipinski definition) is 2. The van der Waals surface area contributed by atoms with E-state index in [9.17, 15) is 4.39 Å². The van der Waals surface area contributed by atoms with Crippen LogP contribution in [0.1, 0.15) is 32.4 Å². The van der Waals surface area contributed by atoms with Gasteiger partial charge in [-0.15, -0.1) is 0 Å². The summed E-state index contributed by atoms with van der Waals surface area (Å²) < 4.78 is 13.0. The molecular formula is C12H15FN2. The molecule has 0 saturated carbocycles. The average Bonchev–Trinajstić information content (AvgIpc) is 2.15. The lowest BCUT2D eigenvalue weighted by molar-refractivity contribution is 0.302. The Kier molecular flexibility index (Phi) is 2.25. The highest BCUT2D eigenvalue weighted by Gasteiger charge is 2.29.